The molecule has 0 aromatic heterocycles. The quantitative estimate of drug-likeness (QED) is 0.774. The van der Waals surface area contributed by atoms with Crippen LogP contribution in [0, 0.1) is 0 Å². The fourth-order valence-electron chi connectivity index (χ4n) is 1.80. The van der Waals surface area contributed by atoms with Crippen LogP contribution in [0.25, 0.3) is 10.8 Å². The van der Waals surface area contributed by atoms with Crippen LogP contribution in [0.15, 0.2) is 36.4 Å². The Bertz CT molecular complexity index is 561. The Hall–Kier alpha value is -1.25. The summed E-state index contributed by atoms with van der Waals surface area (Å²) < 4.78 is 11.1. The summed E-state index contributed by atoms with van der Waals surface area (Å²) in [4.78, 5) is 0. The van der Waals surface area contributed by atoms with E-state index in [9.17, 15) is 0 Å². The first-order chi connectivity index (χ1) is 8.18. The normalized spacial score (nSPS) is 22.7. The van der Waals surface area contributed by atoms with Gasteiger partial charge in [-0.05, 0) is 19.1 Å². The smallest absolute Gasteiger partial charge is 0.127 e. The third kappa shape index (κ3) is 2.11. The van der Waals surface area contributed by atoms with E-state index in [1.165, 1.54) is 0 Å². The Morgan fingerprint density at radius 3 is 2.65 bits per heavy atom. The highest BCUT2D eigenvalue weighted by molar-refractivity contribution is 6.35. The summed E-state index contributed by atoms with van der Waals surface area (Å²) >= 11 is 6.15. The van der Waals surface area contributed by atoms with Gasteiger partial charge in [0.05, 0.1) is 6.61 Å². The van der Waals surface area contributed by atoms with E-state index < -0.39 is 0 Å². The minimum atomic E-state index is -0.0965. The molecule has 88 valence electrons. The molecule has 2 aromatic carbocycles. The maximum Gasteiger partial charge on any atom is 0.127 e. The highest BCUT2D eigenvalue weighted by Crippen LogP contribution is 2.33. The average molecular weight is 249 g/mol. The third-order valence-corrected chi connectivity index (χ3v) is 3.33. The Kier molecular flexibility index (Phi) is 2.49. The van der Waals surface area contributed by atoms with Gasteiger partial charge in [0.15, 0.2) is 0 Å². The van der Waals surface area contributed by atoms with E-state index in [4.69, 9.17) is 21.1 Å². The molecule has 0 aliphatic carbocycles. The molecule has 1 saturated heterocycles. The highest BCUT2D eigenvalue weighted by Gasteiger charge is 2.40. The molecule has 0 radical (unpaired) electrons. The fraction of sp³-hybridized carbons (Fsp3) is 0.286. The predicted molar refractivity (Wildman–Crippen MR) is 68.8 cm³/mol. The molecular weight excluding hydrogens is 236 g/mol. The molecule has 0 amide bonds. The maximum absolute atomic E-state index is 6.15. The number of epoxide rings is 1. The Morgan fingerprint density at radius 2 is 1.94 bits per heavy atom. The van der Waals surface area contributed by atoms with Crippen molar-refractivity contribution in [1.82, 2.24) is 0 Å². The second-order valence-corrected chi connectivity index (χ2v) is 5.03. The van der Waals surface area contributed by atoms with Gasteiger partial charge in [-0.2, -0.15) is 0 Å². The van der Waals surface area contributed by atoms with Crippen LogP contribution in [0.5, 0.6) is 5.75 Å². The summed E-state index contributed by atoms with van der Waals surface area (Å²) in [6.45, 7) is 3.41. The lowest BCUT2D eigenvalue weighted by Gasteiger charge is -2.12. The van der Waals surface area contributed by atoms with Gasteiger partial charge < -0.3 is 9.47 Å². The lowest BCUT2D eigenvalue weighted by Crippen LogP contribution is -2.16. The zero-order chi connectivity index (χ0) is 11.9. The summed E-state index contributed by atoms with van der Waals surface area (Å²) in [5.41, 5.74) is -0.0965. The first-order valence-electron chi connectivity index (χ1n) is 5.62. The molecule has 17 heavy (non-hydrogen) atoms. The van der Waals surface area contributed by atoms with E-state index in [-0.39, 0.29) is 5.60 Å². The minimum Gasteiger partial charge on any atom is -0.490 e. The Labute approximate surface area is 105 Å². The molecule has 1 aliphatic rings. The van der Waals surface area contributed by atoms with Crippen molar-refractivity contribution in [1.29, 1.82) is 0 Å². The standard InChI is InChI=1S/C14H13ClO2/c1-14(9-17-14)8-16-13-7-6-12(15)10-4-2-3-5-11(10)13/h2-7H,8-9H2,1H3. The van der Waals surface area contributed by atoms with Crippen molar-refractivity contribution < 1.29 is 9.47 Å². The van der Waals surface area contributed by atoms with Crippen LogP contribution in [0.4, 0.5) is 0 Å². The number of hydrogen-bond acceptors (Lipinski definition) is 2. The molecule has 1 fully saturated rings. The summed E-state index contributed by atoms with van der Waals surface area (Å²) in [6.07, 6.45) is 0. The number of rotatable bonds is 3. The van der Waals surface area contributed by atoms with Gasteiger partial charge in [-0.3, -0.25) is 0 Å². The van der Waals surface area contributed by atoms with Gasteiger partial charge in [-0.15, -0.1) is 0 Å². The van der Waals surface area contributed by atoms with E-state index >= 15 is 0 Å². The van der Waals surface area contributed by atoms with E-state index in [1.807, 2.05) is 43.3 Å². The average Bonchev–Trinajstić information content (AvgIpc) is 3.08. The van der Waals surface area contributed by atoms with E-state index in [1.54, 1.807) is 0 Å². The third-order valence-electron chi connectivity index (χ3n) is 3.00. The van der Waals surface area contributed by atoms with E-state index in [0.717, 1.165) is 28.2 Å². The van der Waals surface area contributed by atoms with E-state index in [0.29, 0.717) is 6.61 Å². The molecule has 3 heteroatoms. The molecule has 0 bridgehead atoms. The molecule has 1 unspecified atom stereocenters. The summed E-state index contributed by atoms with van der Waals surface area (Å²) in [5.74, 6) is 0.863. The van der Waals surface area contributed by atoms with Crippen molar-refractivity contribution >= 4 is 22.4 Å². The summed E-state index contributed by atoms with van der Waals surface area (Å²) in [5, 5.41) is 2.82. The molecule has 0 saturated carbocycles. The van der Waals surface area contributed by atoms with Crippen LogP contribution in [-0.4, -0.2) is 18.8 Å². The van der Waals surface area contributed by atoms with Gasteiger partial charge in [0, 0.05) is 15.8 Å². The number of fused-ring (bicyclic) bond motifs is 1. The zero-order valence-electron chi connectivity index (χ0n) is 9.57. The van der Waals surface area contributed by atoms with Crippen molar-refractivity contribution in [2.45, 2.75) is 12.5 Å². The molecule has 2 nitrogen and oxygen atoms in total. The number of benzene rings is 2. The van der Waals surface area contributed by atoms with Crippen LogP contribution in [0.2, 0.25) is 5.02 Å². The van der Waals surface area contributed by atoms with Crippen LogP contribution >= 0.6 is 11.6 Å². The second kappa shape index (κ2) is 3.90. The van der Waals surface area contributed by atoms with Crippen LogP contribution < -0.4 is 4.74 Å². The Morgan fingerprint density at radius 1 is 1.24 bits per heavy atom. The van der Waals surface area contributed by atoms with Gasteiger partial charge in [-0.1, -0.05) is 35.9 Å². The summed E-state index contributed by atoms with van der Waals surface area (Å²) in [6, 6.07) is 11.8. The minimum absolute atomic E-state index is 0.0965. The first-order valence-corrected chi connectivity index (χ1v) is 6.00. The van der Waals surface area contributed by atoms with Crippen molar-refractivity contribution in [3.05, 3.63) is 41.4 Å². The Balaban J connectivity index is 1.96. The number of hydrogen-bond donors (Lipinski definition) is 0. The number of ether oxygens (including phenoxy) is 2. The topological polar surface area (TPSA) is 21.8 Å². The van der Waals surface area contributed by atoms with Crippen molar-refractivity contribution in [3.63, 3.8) is 0 Å². The van der Waals surface area contributed by atoms with Gasteiger partial charge in [0.25, 0.3) is 0 Å². The molecule has 0 spiro atoms. The second-order valence-electron chi connectivity index (χ2n) is 4.62. The molecular formula is C14H13ClO2. The molecule has 1 aliphatic heterocycles. The molecule has 1 atom stereocenters. The van der Waals surface area contributed by atoms with Crippen LogP contribution in [0.1, 0.15) is 6.92 Å². The molecule has 3 rings (SSSR count). The van der Waals surface area contributed by atoms with E-state index in [2.05, 4.69) is 0 Å². The fourth-order valence-corrected chi connectivity index (χ4v) is 2.03. The largest absolute Gasteiger partial charge is 0.490 e. The zero-order valence-corrected chi connectivity index (χ0v) is 10.3. The van der Waals surface area contributed by atoms with Crippen molar-refractivity contribution in [2.24, 2.45) is 0 Å². The summed E-state index contributed by atoms with van der Waals surface area (Å²) in [7, 11) is 0. The number of halogens is 1. The predicted octanol–water partition coefficient (Wildman–Crippen LogP) is 3.66. The lowest BCUT2D eigenvalue weighted by molar-refractivity contribution is 0.204. The van der Waals surface area contributed by atoms with Crippen LogP contribution in [0.3, 0.4) is 0 Å². The highest BCUT2D eigenvalue weighted by atomic mass is 35.5. The lowest BCUT2D eigenvalue weighted by atomic mass is 10.1. The van der Waals surface area contributed by atoms with Gasteiger partial charge in [0.1, 0.15) is 18.0 Å². The molecule has 2 aromatic rings. The SMILES string of the molecule is CC1(COc2ccc(Cl)c3ccccc23)CO1. The van der Waals surface area contributed by atoms with Gasteiger partial charge >= 0.3 is 0 Å². The first kappa shape index (κ1) is 10.9. The van der Waals surface area contributed by atoms with Crippen LogP contribution in [-0.2, 0) is 4.74 Å². The van der Waals surface area contributed by atoms with Crippen molar-refractivity contribution in [2.75, 3.05) is 13.2 Å². The van der Waals surface area contributed by atoms with Crippen molar-refractivity contribution in [3.8, 4) is 5.75 Å². The molecule has 1 heterocycles. The van der Waals surface area contributed by atoms with Gasteiger partial charge in [-0.25, -0.2) is 0 Å². The molecule has 0 N–H and O–H groups in total. The monoisotopic (exact) mass is 248 g/mol. The van der Waals surface area contributed by atoms with Gasteiger partial charge in [0.2, 0.25) is 0 Å². The maximum atomic E-state index is 6.15.